The predicted octanol–water partition coefficient (Wildman–Crippen LogP) is 2.65. The van der Waals surface area contributed by atoms with Crippen LogP contribution in [0.1, 0.15) is 32.3 Å². The SMILES string of the molecule is CC.c1ccc(CN2C3CCC2CNC3)cc1. The summed E-state index contributed by atoms with van der Waals surface area (Å²) in [7, 11) is 0. The second-order valence-corrected chi connectivity index (χ2v) is 4.70. The first-order valence-corrected chi connectivity index (χ1v) is 6.94. The van der Waals surface area contributed by atoms with Crippen molar-refractivity contribution in [3.8, 4) is 0 Å². The first kappa shape index (κ1) is 12.6. The summed E-state index contributed by atoms with van der Waals surface area (Å²) < 4.78 is 0. The second-order valence-electron chi connectivity index (χ2n) is 4.70. The molecule has 94 valence electrons. The molecule has 2 atom stereocenters. The van der Waals surface area contributed by atoms with E-state index in [9.17, 15) is 0 Å². The van der Waals surface area contributed by atoms with Crippen LogP contribution >= 0.6 is 0 Å². The Morgan fingerprint density at radius 2 is 1.65 bits per heavy atom. The fourth-order valence-corrected chi connectivity index (χ4v) is 2.92. The number of rotatable bonds is 2. The Balaban J connectivity index is 0.000000514. The highest BCUT2D eigenvalue weighted by atomic mass is 15.3. The van der Waals surface area contributed by atoms with Crippen LogP contribution in [0.3, 0.4) is 0 Å². The van der Waals surface area contributed by atoms with Crippen LogP contribution in [0.5, 0.6) is 0 Å². The van der Waals surface area contributed by atoms with Crippen LogP contribution in [0.4, 0.5) is 0 Å². The third kappa shape index (κ3) is 2.88. The van der Waals surface area contributed by atoms with Gasteiger partial charge in [0.1, 0.15) is 0 Å². The maximum absolute atomic E-state index is 3.52. The summed E-state index contributed by atoms with van der Waals surface area (Å²) in [6.45, 7) is 7.50. The summed E-state index contributed by atoms with van der Waals surface area (Å²) in [6, 6.07) is 12.4. The van der Waals surface area contributed by atoms with Crippen LogP contribution in [0, 0.1) is 0 Å². The van der Waals surface area contributed by atoms with Gasteiger partial charge in [0.25, 0.3) is 0 Å². The average molecular weight is 232 g/mol. The normalized spacial score (nSPS) is 27.4. The largest absolute Gasteiger partial charge is 0.314 e. The Bertz CT molecular complexity index is 307. The summed E-state index contributed by atoms with van der Waals surface area (Å²) in [4.78, 5) is 2.69. The fraction of sp³-hybridized carbons (Fsp3) is 0.600. The van der Waals surface area contributed by atoms with Gasteiger partial charge in [-0.2, -0.15) is 0 Å². The first-order chi connectivity index (χ1) is 8.43. The molecule has 0 saturated carbocycles. The molecule has 3 rings (SSSR count). The summed E-state index contributed by atoms with van der Waals surface area (Å²) >= 11 is 0. The summed E-state index contributed by atoms with van der Waals surface area (Å²) in [5, 5.41) is 3.52. The molecule has 2 saturated heterocycles. The number of hydrogen-bond donors (Lipinski definition) is 1. The molecule has 2 aliphatic rings. The Morgan fingerprint density at radius 1 is 1.06 bits per heavy atom. The van der Waals surface area contributed by atoms with Crippen molar-refractivity contribution in [2.75, 3.05) is 13.1 Å². The third-order valence-electron chi connectivity index (χ3n) is 3.74. The molecule has 2 aliphatic heterocycles. The van der Waals surface area contributed by atoms with Gasteiger partial charge in [-0.1, -0.05) is 44.2 Å². The van der Waals surface area contributed by atoms with E-state index in [0.29, 0.717) is 0 Å². The van der Waals surface area contributed by atoms with Crippen LogP contribution in [0.15, 0.2) is 30.3 Å². The van der Waals surface area contributed by atoms with Gasteiger partial charge in [-0.05, 0) is 18.4 Å². The maximum atomic E-state index is 3.52. The van der Waals surface area contributed by atoms with Crippen LogP contribution in [0.25, 0.3) is 0 Å². The summed E-state index contributed by atoms with van der Waals surface area (Å²) in [5.41, 5.74) is 1.45. The highest BCUT2D eigenvalue weighted by molar-refractivity contribution is 5.15. The minimum Gasteiger partial charge on any atom is -0.314 e. The Labute approximate surface area is 105 Å². The predicted molar refractivity (Wildman–Crippen MR) is 73.0 cm³/mol. The van der Waals surface area contributed by atoms with Crippen molar-refractivity contribution in [2.45, 2.75) is 45.3 Å². The number of hydrogen-bond acceptors (Lipinski definition) is 2. The van der Waals surface area contributed by atoms with Crippen molar-refractivity contribution in [1.82, 2.24) is 10.2 Å². The van der Waals surface area contributed by atoms with Gasteiger partial charge in [0.05, 0.1) is 0 Å². The molecule has 2 bridgehead atoms. The highest BCUT2D eigenvalue weighted by Crippen LogP contribution is 2.28. The van der Waals surface area contributed by atoms with Gasteiger partial charge in [-0.25, -0.2) is 0 Å². The minimum absolute atomic E-state index is 0.781. The highest BCUT2D eigenvalue weighted by Gasteiger charge is 2.35. The molecule has 2 heterocycles. The molecule has 0 aromatic heterocycles. The molecule has 0 aliphatic carbocycles. The molecule has 2 unspecified atom stereocenters. The zero-order valence-corrected chi connectivity index (χ0v) is 11.0. The van der Waals surface area contributed by atoms with Crippen LogP contribution in [-0.4, -0.2) is 30.1 Å². The number of piperazine rings is 1. The smallest absolute Gasteiger partial charge is 0.0240 e. The molecular weight excluding hydrogens is 208 g/mol. The van der Waals surface area contributed by atoms with Crippen molar-refractivity contribution < 1.29 is 0 Å². The molecule has 1 N–H and O–H groups in total. The van der Waals surface area contributed by atoms with E-state index in [2.05, 4.69) is 40.5 Å². The van der Waals surface area contributed by atoms with Crippen molar-refractivity contribution >= 4 is 0 Å². The Kier molecular flexibility index (Phi) is 4.57. The first-order valence-electron chi connectivity index (χ1n) is 6.94. The standard InChI is InChI=1S/C13H18N2.C2H6/c1-2-4-11(5-3-1)10-15-12-6-7-13(15)9-14-8-12;1-2/h1-5,12-14H,6-10H2;1-2H3. The number of benzene rings is 1. The van der Waals surface area contributed by atoms with Gasteiger partial charge < -0.3 is 5.32 Å². The maximum Gasteiger partial charge on any atom is 0.0240 e. The Hall–Kier alpha value is -0.860. The van der Waals surface area contributed by atoms with E-state index in [1.54, 1.807) is 0 Å². The molecule has 1 aromatic carbocycles. The average Bonchev–Trinajstić information content (AvgIpc) is 2.64. The van der Waals surface area contributed by atoms with Gasteiger partial charge in [0, 0.05) is 31.7 Å². The van der Waals surface area contributed by atoms with E-state index in [1.807, 2.05) is 13.8 Å². The van der Waals surface area contributed by atoms with E-state index in [1.165, 1.54) is 31.5 Å². The molecule has 17 heavy (non-hydrogen) atoms. The molecule has 2 heteroatoms. The molecule has 0 amide bonds. The lowest BCUT2D eigenvalue weighted by atomic mass is 10.1. The number of fused-ring (bicyclic) bond motifs is 2. The fourth-order valence-electron chi connectivity index (χ4n) is 2.92. The quantitative estimate of drug-likeness (QED) is 0.843. The van der Waals surface area contributed by atoms with Crippen molar-refractivity contribution in [2.24, 2.45) is 0 Å². The minimum atomic E-state index is 0.781. The van der Waals surface area contributed by atoms with Crippen LogP contribution in [0.2, 0.25) is 0 Å². The number of nitrogens with one attached hydrogen (secondary N) is 1. The molecule has 1 aromatic rings. The lowest BCUT2D eigenvalue weighted by molar-refractivity contribution is 0.145. The lowest BCUT2D eigenvalue weighted by Gasteiger charge is -2.35. The molecule has 2 fully saturated rings. The van der Waals surface area contributed by atoms with E-state index in [4.69, 9.17) is 0 Å². The van der Waals surface area contributed by atoms with Gasteiger partial charge in [0.15, 0.2) is 0 Å². The zero-order valence-electron chi connectivity index (χ0n) is 11.0. The third-order valence-corrected chi connectivity index (χ3v) is 3.74. The van der Waals surface area contributed by atoms with Gasteiger partial charge in [-0.15, -0.1) is 0 Å². The van der Waals surface area contributed by atoms with Gasteiger partial charge in [-0.3, -0.25) is 4.90 Å². The second kappa shape index (κ2) is 6.18. The number of nitrogens with zero attached hydrogens (tertiary/aromatic N) is 1. The van der Waals surface area contributed by atoms with E-state index >= 15 is 0 Å². The Morgan fingerprint density at radius 3 is 2.24 bits per heavy atom. The molecule has 0 spiro atoms. The molecular formula is C15H24N2. The van der Waals surface area contributed by atoms with Crippen molar-refractivity contribution in [3.05, 3.63) is 35.9 Å². The van der Waals surface area contributed by atoms with E-state index in [-0.39, 0.29) is 0 Å². The van der Waals surface area contributed by atoms with E-state index in [0.717, 1.165) is 18.6 Å². The van der Waals surface area contributed by atoms with Gasteiger partial charge >= 0.3 is 0 Å². The van der Waals surface area contributed by atoms with E-state index < -0.39 is 0 Å². The molecule has 0 radical (unpaired) electrons. The lowest BCUT2D eigenvalue weighted by Crippen LogP contribution is -2.51. The monoisotopic (exact) mass is 232 g/mol. The van der Waals surface area contributed by atoms with Crippen LogP contribution < -0.4 is 5.32 Å². The zero-order chi connectivity index (χ0) is 12.1. The van der Waals surface area contributed by atoms with Crippen molar-refractivity contribution in [3.63, 3.8) is 0 Å². The molecule has 2 nitrogen and oxygen atoms in total. The van der Waals surface area contributed by atoms with Gasteiger partial charge in [0.2, 0.25) is 0 Å². The van der Waals surface area contributed by atoms with Crippen LogP contribution in [-0.2, 0) is 6.54 Å². The summed E-state index contributed by atoms with van der Waals surface area (Å²) in [6.07, 6.45) is 2.76. The summed E-state index contributed by atoms with van der Waals surface area (Å²) in [5.74, 6) is 0. The topological polar surface area (TPSA) is 15.3 Å². The van der Waals surface area contributed by atoms with Crippen molar-refractivity contribution in [1.29, 1.82) is 0 Å².